The van der Waals surface area contributed by atoms with Crippen molar-refractivity contribution >= 4 is 5.69 Å². The molecule has 0 unspecified atom stereocenters. The van der Waals surface area contributed by atoms with Gasteiger partial charge in [0.1, 0.15) is 11.5 Å². The molecular weight excluding hydrogens is 262 g/mol. The van der Waals surface area contributed by atoms with E-state index in [9.17, 15) is 0 Å². The second-order valence-electron chi connectivity index (χ2n) is 5.32. The second-order valence-corrected chi connectivity index (χ2v) is 5.32. The number of rotatable bonds is 8. The fraction of sp³-hybridized carbons (Fsp3) is 0.444. The van der Waals surface area contributed by atoms with Gasteiger partial charge in [0.05, 0.1) is 19.9 Å². The van der Waals surface area contributed by atoms with Crippen molar-refractivity contribution in [1.82, 2.24) is 0 Å². The van der Waals surface area contributed by atoms with Crippen molar-refractivity contribution in [3.63, 3.8) is 0 Å². The number of benzene rings is 1. The summed E-state index contributed by atoms with van der Waals surface area (Å²) in [5, 5.41) is 3.37. The maximum atomic E-state index is 5.35. The first-order valence-corrected chi connectivity index (χ1v) is 7.31. The van der Waals surface area contributed by atoms with Crippen LogP contribution in [-0.4, -0.2) is 20.8 Å². The van der Waals surface area contributed by atoms with Gasteiger partial charge in [0.2, 0.25) is 0 Å². The molecule has 0 saturated carbocycles. The van der Waals surface area contributed by atoms with Crippen molar-refractivity contribution in [3.8, 4) is 11.5 Å². The van der Waals surface area contributed by atoms with E-state index in [4.69, 9.17) is 9.47 Å². The smallest absolute Gasteiger partial charge is 0.142 e. The fourth-order valence-electron chi connectivity index (χ4n) is 1.98. The molecule has 1 rings (SSSR count). The number of hydrogen-bond acceptors (Lipinski definition) is 3. The first-order valence-electron chi connectivity index (χ1n) is 7.31. The molecular formula is C18H27NO2. The molecule has 3 heteroatoms. The van der Waals surface area contributed by atoms with Crippen molar-refractivity contribution in [3.05, 3.63) is 41.5 Å². The van der Waals surface area contributed by atoms with Crippen molar-refractivity contribution < 1.29 is 9.47 Å². The number of hydrogen-bond donors (Lipinski definition) is 1. The van der Waals surface area contributed by atoms with E-state index >= 15 is 0 Å². The van der Waals surface area contributed by atoms with E-state index < -0.39 is 0 Å². The molecule has 3 nitrogen and oxygen atoms in total. The van der Waals surface area contributed by atoms with Gasteiger partial charge in [-0.1, -0.05) is 23.3 Å². The first kappa shape index (κ1) is 17.2. The Balaban J connectivity index is 2.56. The van der Waals surface area contributed by atoms with Crippen LogP contribution in [0.3, 0.4) is 0 Å². The van der Waals surface area contributed by atoms with Crippen molar-refractivity contribution in [1.29, 1.82) is 0 Å². The standard InChI is InChI=1S/C18H27NO2/c1-14(2)7-6-8-15(3)11-12-19-17-13-16(20-4)9-10-18(17)21-5/h7,9-11,13,19H,6,8,12H2,1-5H3/b15-11+. The van der Waals surface area contributed by atoms with Gasteiger partial charge in [-0.15, -0.1) is 0 Å². The van der Waals surface area contributed by atoms with E-state index in [1.165, 1.54) is 11.1 Å². The van der Waals surface area contributed by atoms with Crippen LogP contribution in [-0.2, 0) is 0 Å². The van der Waals surface area contributed by atoms with Crippen LogP contribution >= 0.6 is 0 Å². The quantitative estimate of drug-likeness (QED) is 0.697. The predicted molar refractivity (Wildman–Crippen MR) is 90.5 cm³/mol. The van der Waals surface area contributed by atoms with E-state index in [1.807, 2.05) is 18.2 Å². The normalized spacial score (nSPS) is 11.0. The van der Waals surface area contributed by atoms with Gasteiger partial charge in [0, 0.05) is 12.6 Å². The highest BCUT2D eigenvalue weighted by molar-refractivity contribution is 5.60. The Labute approximate surface area is 128 Å². The third kappa shape index (κ3) is 6.39. The van der Waals surface area contributed by atoms with Crippen LogP contribution < -0.4 is 14.8 Å². The molecule has 1 aromatic rings. The molecule has 0 atom stereocenters. The topological polar surface area (TPSA) is 30.5 Å². The zero-order valence-corrected chi connectivity index (χ0v) is 13.8. The zero-order chi connectivity index (χ0) is 15.7. The van der Waals surface area contributed by atoms with Crippen LogP contribution in [0.2, 0.25) is 0 Å². The third-order valence-corrected chi connectivity index (χ3v) is 3.24. The van der Waals surface area contributed by atoms with Gasteiger partial charge < -0.3 is 14.8 Å². The molecule has 1 N–H and O–H groups in total. The van der Waals surface area contributed by atoms with Gasteiger partial charge in [-0.05, 0) is 45.7 Å². The summed E-state index contributed by atoms with van der Waals surface area (Å²) in [5.41, 5.74) is 3.72. The Morgan fingerprint density at radius 3 is 2.48 bits per heavy atom. The Morgan fingerprint density at radius 2 is 1.86 bits per heavy atom. The maximum absolute atomic E-state index is 5.35. The van der Waals surface area contributed by atoms with Crippen LogP contribution in [0.4, 0.5) is 5.69 Å². The number of ether oxygens (including phenoxy) is 2. The zero-order valence-electron chi connectivity index (χ0n) is 13.8. The van der Waals surface area contributed by atoms with Gasteiger partial charge >= 0.3 is 0 Å². The second kappa shape index (κ2) is 9.11. The van der Waals surface area contributed by atoms with Gasteiger partial charge in [-0.3, -0.25) is 0 Å². The number of allylic oxidation sites excluding steroid dienone is 3. The molecule has 0 aliphatic rings. The molecule has 0 aromatic heterocycles. The minimum atomic E-state index is 0.782. The van der Waals surface area contributed by atoms with Crippen molar-refractivity contribution in [2.24, 2.45) is 0 Å². The lowest BCUT2D eigenvalue weighted by atomic mass is 10.1. The van der Waals surface area contributed by atoms with Gasteiger partial charge in [0.15, 0.2) is 0 Å². The van der Waals surface area contributed by atoms with Crippen LogP contribution in [0, 0.1) is 0 Å². The lowest BCUT2D eigenvalue weighted by Crippen LogP contribution is -2.02. The van der Waals surface area contributed by atoms with Crippen molar-refractivity contribution in [2.75, 3.05) is 26.1 Å². The SMILES string of the molecule is COc1ccc(OC)c(NC/C=C(\C)CCC=C(C)C)c1. The minimum Gasteiger partial charge on any atom is -0.497 e. The maximum Gasteiger partial charge on any atom is 0.142 e. The summed E-state index contributed by atoms with van der Waals surface area (Å²) in [6.07, 6.45) is 6.70. The van der Waals surface area contributed by atoms with Crippen LogP contribution in [0.15, 0.2) is 41.5 Å². The largest absolute Gasteiger partial charge is 0.497 e. The first-order chi connectivity index (χ1) is 10.1. The van der Waals surface area contributed by atoms with Crippen LogP contribution in [0.25, 0.3) is 0 Å². The molecule has 0 fully saturated rings. The highest BCUT2D eigenvalue weighted by Crippen LogP contribution is 2.28. The third-order valence-electron chi connectivity index (χ3n) is 3.24. The number of nitrogens with one attached hydrogen (secondary N) is 1. The summed E-state index contributed by atoms with van der Waals surface area (Å²) < 4.78 is 10.6. The number of anilines is 1. The predicted octanol–water partition coefficient (Wildman–Crippen LogP) is 4.81. The van der Waals surface area contributed by atoms with Crippen LogP contribution in [0.1, 0.15) is 33.6 Å². The van der Waals surface area contributed by atoms with E-state index in [-0.39, 0.29) is 0 Å². The molecule has 0 heterocycles. The molecule has 21 heavy (non-hydrogen) atoms. The number of methoxy groups -OCH3 is 2. The fourth-order valence-corrected chi connectivity index (χ4v) is 1.98. The summed E-state index contributed by atoms with van der Waals surface area (Å²) >= 11 is 0. The molecule has 0 radical (unpaired) electrons. The Morgan fingerprint density at radius 1 is 1.10 bits per heavy atom. The lowest BCUT2D eigenvalue weighted by molar-refractivity contribution is 0.404. The highest BCUT2D eigenvalue weighted by Gasteiger charge is 2.03. The summed E-state index contributed by atoms with van der Waals surface area (Å²) in [7, 11) is 3.34. The van der Waals surface area contributed by atoms with Gasteiger partial charge in [-0.2, -0.15) is 0 Å². The van der Waals surface area contributed by atoms with E-state index in [0.29, 0.717) is 0 Å². The van der Waals surface area contributed by atoms with Crippen molar-refractivity contribution in [2.45, 2.75) is 33.6 Å². The van der Waals surface area contributed by atoms with E-state index in [1.54, 1.807) is 14.2 Å². The average Bonchev–Trinajstić information content (AvgIpc) is 2.46. The molecule has 0 saturated heterocycles. The monoisotopic (exact) mass is 289 g/mol. The Kier molecular flexibility index (Phi) is 7.44. The summed E-state index contributed by atoms with van der Waals surface area (Å²) in [5.74, 6) is 1.65. The minimum absolute atomic E-state index is 0.782. The van der Waals surface area contributed by atoms with Gasteiger partial charge in [0.25, 0.3) is 0 Å². The molecule has 0 bridgehead atoms. The average molecular weight is 289 g/mol. The van der Waals surface area contributed by atoms with E-state index in [0.717, 1.165) is 36.6 Å². The van der Waals surface area contributed by atoms with E-state index in [2.05, 4.69) is 38.2 Å². The Bertz CT molecular complexity index is 500. The summed E-state index contributed by atoms with van der Waals surface area (Å²) in [6, 6.07) is 5.75. The lowest BCUT2D eigenvalue weighted by Gasteiger charge is -2.11. The molecule has 0 aliphatic heterocycles. The molecule has 0 aliphatic carbocycles. The summed E-state index contributed by atoms with van der Waals surface area (Å²) in [6.45, 7) is 7.22. The molecule has 1 aromatic carbocycles. The van der Waals surface area contributed by atoms with Crippen LogP contribution in [0.5, 0.6) is 11.5 Å². The molecule has 0 amide bonds. The highest BCUT2D eigenvalue weighted by atomic mass is 16.5. The molecule has 116 valence electrons. The molecule has 0 spiro atoms. The van der Waals surface area contributed by atoms with Gasteiger partial charge in [-0.25, -0.2) is 0 Å². The summed E-state index contributed by atoms with van der Waals surface area (Å²) in [4.78, 5) is 0. The Hall–Kier alpha value is -1.90.